The molecule has 0 spiro atoms. The first-order valence-electron chi connectivity index (χ1n) is 6.54. The molecule has 1 aromatic carbocycles. The van der Waals surface area contributed by atoms with E-state index < -0.39 is 0 Å². The van der Waals surface area contributed by atoms with E-state index in [2.05, 4.69) is 15.9 Å². The van der Waals surface area contributed by atoms with Gasteiger partial charge < -0.3 is 15.1 Å². The van der Waals surface area contributed by atoms with Crippen molar-refractivity contribution in [3.8, 4) is 5.75 Å². The molecule has 0 aromatic heterocycles. The Labute approximate surface area is 121 Å². The van der Waals surface area contributed by atoms with E-state index in [1.807, 2.05) is 4.90 Å². The molecule has 5 heteroatoms. The molecule has 4 nitrogen and oxygen atoms in total. The standard InChI is InChI=1S/C14H18BrNO3/c15-12-5-4-10(9-13(12)18)14(19)16-7-2-1-3-11(16)6-8-17/h4-5,9,11,17-18H,1-3,6-8H2. The number of phenols is 1. The summed E-state index contributed by atoms with van der Waals surface area (Å²) in [4.78, 5) is 14.3. The number of benzene rings is 1. The van der Waals surface area contributed by atoms with Gasteiger partial charge in [0.05, 0.1) is 4.47 Å². The number of rotatable bonds is 3. The van der Waals surface area contributed by atoms with Crippen LogP contribution in [0.1, 0.15) is 36.0 Å². The van der Waals surface area contributed by atoms with Crippen molar-refractivity contribution in [3.63, 3.8) is 0 Å². The van der Waals surface area contributed by atoms with Gasteiger partial charge in [0.25, 0.3) is 5.91 Å². The van der Waals surface area contributed by atoms with E-state index in [0.29, 0.717) is 16.5 Å². The minimum Gasteiger partial charge on any atom is -0.507 e. The van der Waals surface area contributed by atoms with Gasteiger partial charge in [0, 0.05) is 24.8 Å². The molecule has 2 rings (SSSR count). The van der Waals surface area contributed by atoms with Crippen LogP contribution >= 0.6 is 15.9 Å². The number of piperidine rings is 1. The quantitative estimate of drug-likeness (QED) is 0.896. The molecule has 1 aliphatic rings. The number of carbonyl (C=O) groups excluding carboxylic acids is 1. The van der Waals surface area contributed by atoms with Crippen molar-refractivity contribution in [2.45, 2.75) is 31.7 Å². The lowest BCUT2D eigenvalue weighted by Crippen LogP contribution is -2.44. The molecule has 1 atom stereocenters. The molecule has 1 saturated heterocycles. The van der Waals surface area contributed by atoms with Crippen molar-refractivity contribution in [1.29, 1.82) is 0 Å². The number of hydrogen-bond donors (Lipinski definition) is 2. The van der Waals surface area contributed by atoms with E-state index in [1.165, 1.54) is 6.07 Å². The van der Waals surface area contributed by atoms with Crippen LogP contribution in [0.4, 0.5) is 0 Å². The van der Waals surface area contributed by atoms with Crippen LogP contribution in [-0.4, -0.2) is 40.2 Å². The highest BCUT2D eigenvalue weighted by molar-refractivity contribution is 9.10. The number of hydrogen-bond acceptors (Lipinski definition) is 3. The van der Waals surface area contributed by atoms with Gasteiger partial charge in [-0.2, -0.15) is 0 Å². The van der Waals surface area contributed by atoms with Gasteiger partial charge in [-0.25, -0.2) is 0 Å². The Morgan fingerprint density at radius 3 is 2.89 bits per heavy atom. The fourth-order valence-electron chi connectivity index (χ4n) is 2.53. The zero-order valence-corrected chi connectivity index (χ0v) is 12.3. The zero-order chi connectivity index (χ0) is 13.8. The van der Waals surface area contributed by atoms with Gasteiger partial charge in [-0.15, -0.1) is 0 Å². The maximum absolute atomic E-state index is 12.5. The molecule has 0 saturated carbocycles. The third-order valence-corrected chi connectivity index (χ3v) is 4.21. The van der Waals surface area contributed by atoms with Gasteiger partial charge in [-0.1, -0.05) is 0 Å². The molecule has 1 heterocycles. The minimum atomic E-state index is -0.0686. The van der Waals surface area contributed by atoms with Crippen LogP contribution in [0.5, 0.6) is 5.75 Å². The monoisotopic (exact) mass is 327 g/mol. The molecular weight excluding hydrogens is 310 g/mol. The van der Waals surface area contributed by atoms with Gasteiger partial charge in [0.2, 0.25) is 0 Å². The van der Waals surface area contributed by atoms with Crippen LogP contribution in [0, 0.1) is 0 Å². The molecular formula is C14H18BrNO3. The van der Waals surface area contributed by atoms with Gasteiger partial charge >= 0.3 is 0 Å². The second-order valence-corrected chi connectivity index (χ2v) is 5.68. The molecule has 1 aliphatic heterocycles. The average Bonchev–Trinajstić information content (AvgIpc) is 2.42. The lowest BCUT2D eigenvalue weighted by molar-refractivity contribution is 0.0574. The summed E-state index contributed by atoms with van der Waals surface area (Å²) in [6, 6.07) is 4.97. The first-order valence-corrected chi connectivity index (χ1v) is 7.33. The number of aliphatic hydroxyl groups is 1. The third-order valence-electron chi connectivity index (χ3n) is 3.54. The number of nitrogens with zero attached hydrogens (tertiary/aromatic N) is 1. The van der Waals surface area contributed by atoms with E-state index in [0.717, 1.165) is 25.8 Å². The second-order valence-electron chi connectivity index (χ2n) is 4.83. The third kappa shape index (κ3) is 3.28. The van der Waals surface area contributed by atoms with E-state index in [-0.39, 0.29) is 24.3 Å². The number of amides is 1. The van der Waals surface area contributed by atoms with Gasteiger partial charge in [0.15, 0.2) is 0 Å². The van der Waals surface area contributed by atoms with Gasteiger partial charge in [-0.3, -0.25) is 4.79 Å². The molecule has 1 unspecified atom stereocenters. The lowest BCUT2D eigenvalue weighted by Gasteiger charge is -2.35. The normalized spacial score (nSPS) is 19.5. The van der Waals surface area contributed by atoms with Crippen molar-refractivity contribution in [1.82, 2.24) is 4.90 Å². The van der Waals surface area contributed by atoms with Crippen LogP contribution in [0.2, 0.25) is 0 Å². The smallest absolute Gasteiger partial charge is 0.254 e. The average molecular weight is 328 g/mol. The predicted octanol–water partition coefficient (Wildman–Crippen LogP) is 2.53. The van der Waals surface area contributed by atoms with Crippen LogP contribution in [0.15, 0.2) is 22.7 Å². The Hall–Kier alpha value is -1.07. The van der Waals surface area contributed by atoms with Crippen LogP contribution < -0.4 is 0 Å². The van der Waals surface area contributed by atoms with Crippen molar-refractivity contribution < 1.29 is 15.0 Å². The predicted molar refractivity (Wildman–Crippen MR) is 76.2 cm³/mol. The Morgan fingerprint density at radius 1 is 1.42 bits per heavy atom. The molecule has 1 aromatic rings. The fraction of sp³-hybridized carbons (Fsp3) is 0.500. The van der Waals surface area contributed by atoms with E-state index in [9.17, 15) is 9.90 Å². The highest BCUT2D eigenvalue weighted by atomic mass is 79.9. The summed E-state index contributed by atoms with van der Waals surface area (Å²) in [5, 5.41) is 18.7. The Morgan fingerprint density at radius 2 is 2.21 bits per heavy atom. The van der Waals surface area contributed by atoms with Crippen LogP contribution in [0.25, 0.3) is 0 Å². The summed E-state index contributed by atoms with van der Waals surface area (Å²) >= 11 is 3.20. The summed E-state index contributed by atoms with van der Waals surface area (Å²) in [5.74, 6) is 0.00233. The summed E-state index contributed by atoms with van der Waals surface area (Å²) in [7, 11) is 0. The van der Waals surface area contributed by atoms with Gasteiger partial charge in [-0.05, 0) is 59.8 Å². The molecule has 104 valence electrons. The number of aliphatic hydroxyl groups excluding tert-OH is 1. The molecule has 1 fully saturated rings. The summed E-state index contributed by atoms with van der Waals surface area (Å²) in [5.41, 5.74) is 0.491. The fourth-order valence-corrected chi connectivity index (χ4v) is 2.78. The number of likely N-dealkylation sites (tertiary alicyclic amines) is 1. The zero-order valence-electron chi connectivity index (χ0n) is 10.7. The lowest BCUT2D eigenvalue weighted by atomic mass is 9.98. The van der Waals surface area contributed by atoms with Crippen molar-refractivity contribution in [2.75, 3.05) is 13.2 Å². The van der Waals surface area contributed by atoms with E-state index in [4.69, 9.17) is 5.11 Å². The Kier molecular flexibility index (Phi) is 4.82. The van der Waals surface area contributed by atoms with Crippen LogP contribution in [-0.2, 0) is 0 Å². The highest BCUT2D eigenvalue weighted by Gasteiger charge is 2.27. The first kappa shape index (κ1) is 14.3. The van der Waals surface area contributed by atoms with Crippen LogP contribution in [0.3, 0.4) is 0 Å². The number of halogens is 1. The number of phenolic OH excluding ortho intramolecular Hbond substituents is 1. The molecule has 0 bridgehead atoms. The largest absolute Gasteiger partial charge is 0.507 e. The maximum Gasteiger partial charge on any atom is 0.254 e. The first-order chi connectivity index (χ1) is 9.13. The van der Waals surface area contributed by atoms with Crippen molar-refractivity contribution >= 4 is 21.8 Å². The minimum absolute atomic E-state index is 0.0686. The van der Waals surface area contributed by atoms with Gasteiger partial charge in [0.1, 0.15) is 5.75 Å². The maximum atomic E-state index is 12.5. The summed E-state index contributed by atoms with van der Waals surface area (Å²) in [6.07, 6.45) is 3.65. The summed E-state index contributed by atoms with van der Waals surface area (Å²) < 4.78 is 0.578. The van der Waals surface area contributed by atoms with E-state index >= 15 is 0 Å². The topological polar surface area (TPSA) is 60.8 Å². The molecule has 2 N–H and O–H groups in total. The van der Waals surface area contributed by atoms with Crippen molar-refractivity contribution in [3.05, 3.63) is 28.2 Å². The second kappa shape index (κ2) is 6.39. The Bertz CT molecular complexity index is 462. The number of aromatic hydroxyl groups is 1. The summed E-state index contributed by atoms with van der Waals surface area (Å²) in [6.45, 7) is 0.820. The SMILES string of the molecule is O=C(c1ccc(Br)c(O)c1)N1CCCCC1CCO. The molecule has 0 aliphatic carbocycles. The molecule has 19 heavy (non-hydrogen) atoms. The Balaban J connectivity index is 2.18. The molecule has 1 amide bonds. The van der Waals surface area contributed by atoms with E-state index in [1.54, 1.807) is 12.1 Å². The molecule has 0 radical (unpaired) electrons. The number of carbonyl (C=O) groups is 1. The van der Waals surface area contributed by atoms with Crippen molar-refractivity contribution in [2.24, 2.45) is 0 Å². The highest BCUT2D eigenvalue weighted by Crippen LogP contribution is 2.27.